The minimum absolute atomic E-state index is 0.188. The maximum Gasteiger partial charge on any atom is 0.255 e. The van der Waals surface area contributed by atoms with Gasteiger partial charge in [0.05, 0.1) is 5.56 Å². The lowest BCUT2D eigenvalue weighted by atomic mass is 10.2. The largest absolute Gasteiger partial charge is 0.337 e. The molecule has 1 aromatic heterocycles. The number of rotatable bonds is 3. The van der Waals surface area contributed by atoms with Crippen LogP contribution in [0.5, 0.6) is 0 Å². The first-order chi connectivity index (χ1) is 12.1. The van der Waals surface area contributed by atoms with E-state index >= 15 is 0 Å². The van der Waals surface area contributed by atoms with E-state index in [1.54, 1.807) is 0 Å². The summed E-state index contributed by atoms with van der Waals surface area (Å²) in [6.45, 7) is 8.02. The minimum Gasteiger partial charge on any atom is -0.337 e. The molecule has 2 aromatic rings. The summed E-state index contributed by atoms with van der Waals surface area (Å²) in [7, 11) is 0. The first-order valence-electron chi connectivity index (χ1n) is 9.43. The van der Waals surface area contributed by atoms with Gasteiger partial charge in [0.15, 0.2) is 0 Å². The molecular formula is C21H27N3O. The third-order valence-corrected chi connectivity index (χ3v) is 5.56. The fourth-order valence-corrected chi connectivity index (χ4v) is 4.07. The summed E-state index contributed by atoms with van der Waals surface area (Å²) in [6.07, 6.45) is 3.76. The Bertz CT molecular complexity index is 761. The van der Waals surface area contributed by atoms with Crippen molar-refractivity contribution in [1.82, 2.24) is 14.4 Å². The lowest BCUT2D eigenvalue weighted by Crippen LogP contribution is -2.36. The summed E-state index contributed by atoms with van der Waals surface area (Å²) in [4.78, 5) is 17.8. The van der Waals surface area contributed by atoms with Crippen molar-refractivity contribution < 1.29 is 4.79 Å². The maximum atomic E-state index is 13.2. The summed E-state index contributed by atoms with van der Waals surface area (Å²) in [5.41, 5.74) is 4.12. The first kappa shape index (κ1) is 16.4. The van der Waals surface area contributed by atoms with Gasteiger partial charge in [-0.3, -0.25) is 9.69 Å². The van der Waals surface area contributed by atoms with Gasteiger partial charge in [-0.1, -0.05) is 18.2 Å². The molecule has 25 heavy (non-hydrogen) atoms. The second-order valence-corrected chi connectivity index (χ2v) is 7.37. The van der Waals surface area contributed by atoms with E-state index in [1.807, 2.05) is 24.3 Å². The number of aryl methyl sites for hydroxylation is 1. The maximum absolute atomic E-state index is 13.2. The van der Waals surface area contributed by atoms with E-state index in [2.05, 4.69) is 40.3 Å². The number of para-hydroxylation sites is 1. The standard InChI is InChI=1S/C21H27N3O/c1-16-15-20(17(2)24(16)19-7-4-3-5-8-19)21(25)23-12-6-11-22(13-14-23)18-9-10-18/h3-5,7-8,15,18H,6,9-14H2,1-2H3. The molecule has 2 aliphatic rings. The van der Waals surface area contributed by atoms with E-state index in [0.717, 1.165) is 61.3 Å². The zero-order valence-corrected chi connectivity index (χ0v) is 15.2. The highest BCUT2D eigenvalue weighted by Gasteiger charge is 2.31. The summed E-state index contributed by atoms with van der Waals surface area (Å²) in [6, 6.07) is 13.1. The molecule has 0 N–H and O–H groups in total. The van der Waals surface area contributed by atoms with Gasteiger partial charge in [0.2, 0.25) is 0 Å². The van der Waals surface area contributed by atoms with Crippen molar-refractivity contribution in [3.05, 3.63) is 53.3 Å². The normalized spacial score (nSPS) is 19.0. The number of carbonyl (C=O) groups excluding carboxylic acids is 1. The zero-order valence-electron chi connectivity index (χ0n) is 15.2. The fourth-order valence-electron chi connectivity index (χ4n) is 4.07. The highest BCUT2D eigenvalue weighted by atomic mass is 16.2. The molecular weight excluding hydrogens is 310 g/mol. The van der Waals surface area contributed by atoms with Gasteiger partial charge < -0.3 is 9.47 Å². The summed E-state index contributed by atoms with van der Waals surface area (Å²) >= 11 is 0. The van der Waals surface area contributed by atoms with Crippen LogP contribution >= 0.6 is 0 Å². The van der Waals surface area contributed by atoms with Gasteiger partial charge in [0.1, 0.15) is 0 Å². The summed E-state index contributed by atoms with van der Waals surface area (Å²) in [5, 5.41) is 0. The number of nitrogens with zero attached hydrogens (tertiary/aromatic N) is 3. The van der Waals surface area contributed by atoms with E-state index in [4.69, 9.17) is 0 Å². The smallest absolute Gasteiger partial charge is 0.255 e. The molecule has 4 nitrogen and oxygen atoms in total. The van der Waals surface area contributed by atoms with Gasteiger partial charge >= 0.3 is 0 Å². The number of benzene rings is 1. The Hall–Kier alpha value is -2.07. The first-order valence-corrected chi connectivity index (χ1v) is 9.43. The van der Waals surface area contributed by atoms with Crippen LogP contribution in [0.4, 0.5) is 0 Å². The van der Waals surface area contributed by atoms with E-state index < -0.39 is 0 Å². The Morgan fingerprint density at radius 2 is 1.76 bits per heavy atom. The lowest BCUT2D eigenvalue weighted by molar-refractivity contribution is 0.0760. The molecule has 0 bridgehead atoms. The third kappa shape index (κ3) is 3.23. The Morgan fingerprint density at radius 3 is 2.48 bits per heavy atom. The van der Waals surface area contributed by atoms with Gasteiger partial charge in [-0.25, -0.2) is 0 Å². The fraction of sp³-hybridized carbons (Fsp3) is 0.476. The van der Waals surface area contributed by atoms with Crippen molar-refractivity contribution in [1.29, 1.82) is 0 Å². The van der Waals surface area contributed by atoms with Crippen molar-refractivity contribution in [3.8, 4) is 5.69 Å². The Morgan fingerprint density at radius 1 is 1.00 bits per heavy atom. The zero-order chi connectivity index (χ0) is 17.4. The predicted molar refractivity (Wildman–Crippen MR) is 100 cm³/mol. The average molecular weight is 337 g/mol. The van der Waals surface area contributed by atoms with Gasteiger partial charge in [-0.15, -0.1) is 0 Å². The lowest BCUT2D eigenvalue weighted by Gasteiger charge is -2.22. The van der Waals surface area contributed by atoms with Crippen molar-refractivity contribution in [2.45, 2.75) is 39.2 Å². The average Bonchev–Trinajstić information content (AvgIpc) is 3.43. The minimum atomic E-state index is 0.188. The highest BCUT2D eigenvalue weighted by molar-refractivity contribution is 5.96. The molecule has 0 radical (unpaired) electrons. The molecule has 1 aromatic carbocycles. The van der Waals surface area contributed by atoms with Crippen molar-refractivity contribution in [3.63, 3.8) is 0 Å². The number of hydrogen-bond acceptors (Lipinski definition) is 2. The topological polar surface area (TPSA) is 28.5 Å². The second kappa shape index (κ2) is 6.68. The predicted octanol–water partition coefficient (Wildman–Crippen LogP) is 3.40. The van der Waals surface area contributed by atoms with Crippen LogP contribution in [0.25, 0.3) is 5.69 Å². The Balaban J connectivity index is 1.56. The number of carbonyl (C=O) groups is 1. The van der Waals surface area contributed by atoms with Crippen molar-refractivity contribution >= 4 is 5.91 Å². The van der Waals surface area contributed by atoms with E-state index in [0.29, 0.717) is 0 Å². The van der Waals surface area contributed by atoms with E-state index in [1.165, 1.54) is 12.8 Å². The van der Waals surface area contributed by atoms with Crippen LogP contribution in [0.3, 0.4) is 0 Å². The van der Waals surface area contributed by atoms with Crippen LogP contribution in [-0.4, -0.2) is 52.5 Å². The molecule has 0 spiro atoms. The van der Waals surface area contributed by atoms with Gasteiger partial charge in [-0.2, -0.15) is 0 Å². The Kier molecular flexibility index (Phi) is 4.38. The van der Waals surface area contributed by atoms with Crippen LogP contribution in [0.2, 0.25) is 0 Å². The summed E-state index contributed by atoms with van der Waals surface area (Å²) < 4.78 is 2.18. The van der Waals surface area contributed by atoms with Gasteiger partial charge in [-0.05, 0) is 51.3 Å². The molecule has 4 rings (SSSR count). The van der Waals surface area contributed by atoms with Crippen LogP contribution in [0.1, 0.15) is 41.0 Å². The van der Waals surface area contributed by atoms with Crippen molar-refractivity contribution in [2.24, 2.45) is 0 Å². The molecule has 1 aliphatic carbocycles. The molecule has 2 heterocycles. The molecule has 4 heteroatoms. The molecule has 0 unspecified atom stereocenters. The van der Waals surface area contributed by atoms with Crippen molar-refractivity contribution in [2.75, 3.05) is 26.2 Å². The van der Waals surface area contributed by atoms with Crippen LogP contribution in [-0.2, 0) is 0 Å². The number of hydrogen-bond donors (Lipinski definition) is 0. The molecule has 132 valence electrons. The van der Waals surface area contributed by atoms with E-state index in [9.17, 15) is 4.79 Å². The molecule has 0 atom stereocenters. The molecule has 1 aliphatic heterocycles. The van der Waals surface area contributed by atoms with E-state index in [-0.39, 0.29) is 5.91 Å². The van der Waals surface area contributed by atoms with Crippen LogP contribution in [0, 0.1) is 13.8 Å². The van der Waals surface area contributed by atoms with Gasteiger partial charge in [0.25, 0.3) is 5.91 Å². The van der Waals surface area contributed by atoms with Crippen LogP contribution < -0.4 is 0 Å². The molecule has 1 saturated carbocycles. The number of amides is 1. The SMILES string of the molecule is Cc1cc(C(=O)N2CCCN(C3CC3)CC2)c(C)n1-c1ccccc1. The van der Waals surface area contributed by atoms with Crippen LogP contribution in [0.15, 0.2) is 36.4 Å². The summed E-state index contributed by atoms with van der Waals surface area (Å²) in [5.74, 6) is 0.188. The quantitative estimate of drug-likeness (QED) is 0.859. The highest BCUT2D eigenvalue weighted by Crippen LogP contribution is 2.28. The molecule has 1 amide bonds. The monoisotopic (exact) mass is 337 g/mol. The second-order valence-electron chi connectivity index (χ2n) is 7.37. The Labute approximate surface area is 150 Å². The molecule has 2 fully saturated rings. The number of aromatic nitrogens is 1. The van der Waals surface area contributed by atoms with Gasteiger partial charge in [0, 0.05) is 49.3 Å². The molecule has 1 saturated heterocycles. The third-order valence-electron chi connectivity index (χ3n) is 5.56.